The Morgan fingerprint density at radius 2 is 1.55 bits per heavy atom. The molecule has 0 aliphatic heterocycles. The van der Waals surface area contributed by atoms with Crippen LogP contribution >= 0.6 is 0 Å². The Hall–Kier alpha value is -1.06. The van der Waals surface area contributed by atoms with Crippen molar-refractivity contribution in [1.29, 1.82) is 0 Å². The number of carbonyl (C=O) groups is 2. The first kappa shape index (κ1) is 17.0. The van der Waals surface area contributed by atoms with E-state index >= 15 is 0 Å². The number of carbonyl (C=O) groups excluding carboxylic acids is 2. The molecule has 0 aromatic heterocycles. The summed E-state index contributed by atoms with van der Waals surface area (Å²) in [5.41, 5.74) is 0. The lowest BCUT2D eigenvalue weighted by molar-refractivity contribution is -0.136. The van der Waals surface area contributed by atoms with Gasteiger partial charge in [-0.2, -0.15) is 0 Å². The molecular weight excluding hydrogens is 252 g/mol. The molecule has 1 fully saturated rings. The van der Waals surface area contributed by atoms with Gasteiger partial charge in [-0.3, -0.25) is 9.59 Å². The minimum absolute atomic E-state index is 0.0104. The van der Waals surface area contributed by atoms with E-state index in [-0.39, 0.29) is 24.3 Å². The van der Waals surface area contributed by atoms with Crippen molar-refractivity contribution in [2.75, 3.05) is 13.1 Å². The fraction of sp³-hybridized carbons (Fsp3) is 0.875. The lowest BCUT2D eigenvalue weighted by atomic mass is 10.1. The summed E-state index contributed by atoms with van der Waals surface area (Å²) < 4.78 is 0. The zero-order valence-electron chi connectivity index (χ0n) is 13.1. The highest BCUT2D eigenvalue weighted by molar-refractivity contribution is 5.97. The van der Waals surface area contributed by atoms with Crippen LogP contribution in [0.15, 0.2) is 0 Å². The van der Waals surface area contributed by atoms with Gasteiger partial charge in [0.25, 0.3) is 0 Å². The highest BCUT2D eigenvalue weighted by atomic mass is 16.2. The van der Waals surface area contributed by atoms with Gasteiger partial charge in [0.15, 0.2) is 0 Å². The van der Waals surface area contributed by atoms with Crippen molar-refractivity contribution in [3.05, 3.63) is 0 Å². The zero-order valence-corrected chi connectivity index (χ0v) is 13.1. The molecule has 4 nitrogen and oxygen atoms in total. The first-order chi connectivity index (χ1) is 9.67. The molecule has 1 aliphatic rings. The van der Waals surface area contributed by atoms with Crippen molar-refractivity contribution < 1.29 is 9.59 Å². The van der Waals surface area contributed by atoms with Crippen molar-refractivity contribution in [3.8, 4) is 0 Å². The highest BCUT2D eigenvalue weighted by Gasteiger charge is 2.19. The van der Waals surface area contributed by atoms with E-state index in [2.05, 4.69) is 19.2 Å². The number of hydrogen-bond acceptors (Lipinski definition) is 2. The van der Waals surface area contributed by atoms with E-state index in [1.54, 1.807) is 0 Å². The topological polar surface area (TPSA) is 49.4 Å². The molecule has 0 aromatic rings. The standard InChI is InChI=1S/C16H30N2O2/c1-3-11-18(12-4-2)16(20)13-15(19)17-14-9-7-5-6-8-10-14/h14H,3-13H2,1-2H3,(H,17,19). The molecule has 116 valence electrons. The Kier molecular flexibility index (Phi) is 8.31. The minimum atomic E-state index is -0.0980. The summed E-state index contributed by atoms with van der Waals surface area (Å²) in [6, 6.07) is 0.281. The maximum atomic E-state index is 12.1. The fourth-order valence-electron chi connectivity index (χ4n) is 2.85. The van der Waals surface area contributed by atoms with Gasteiger partial charge in [-0.1, -0.05) is 39.5 Å². The zero-order chi connectivity index (χ0) is 14.8. The smallest absolute Gasteiger partial charge is 0.232 e. The second-order valence-corrected chi connectivity index (χ2v) is 5.81. The van der Waals surface area contributed by atoms with Crippen LogP contribution < -0.4 is 5.32 Å². The molecule has 1 N–H and O–H groups in total. The number of nitrogens with zero attached hydrogens (tertiary/aromatic N) is 1. The largest absolute Gasteiger partial charge is 0.353 e. The van der Waals surface area contributed by atoms with Gasteiger partial charge in [0.05, 0.1) is 0 Å². The van der Waals surface area contributed by atoms with Crippen LogP contribution in [-0.2, 0) is 9.59 Å². The number of amides is 2. The van der Waals surface area contributed by atoms with Gasteiger partial charge in [-0.05, 0) is 25.7 Å². The summed E-state index contributed by atoms with van der Waals surface area (Å²) in [7, 11) is 0. The predicted molar refractivity (Wildman–Crippen MR) is 81.4 cm³/mol. The SMILES string of the molecule is CCCN(CCC)C(=O)CC(=O)NC1CCCCCC1. The average molecular weight is 282 g/mol. The van der Waals surface area contributed by atoms with Crippen LogP contribution in [0.3, 0.4) is 0 Å². The van der Waals surface area contributed by atoms with Crippen LogP contribution in [0.25, 0.3) is 0 Å². The van der Waals surface area contributed by atoms with E-state index in [0.29, 0.717) is 0 Å². The molecule has 1 saturated carbocycles. The molecule has 0 spiro atoms. The third-order valence-corrected chi connectivity index (χ3v) is 3.87. The maximum absolute atomic E-state index is 12.1. The monoisotopic (exact) mass is 282 g/mol. The Labute approximate surface area is 123 Å². The normalized spacial score (nSPS) is 16.5. The summed E-state index contributed by atoms with van der Waals surface area (Å²) in [4.78, 5) is 25.9. The van der Waals surface area contributed by atoms with Crippen LogP contribution in [0.1, 0.15) is 71.6 Å². The third kappa shape index (κ3) is 6.40. The Morgan fingerprint density at radius 3 is 2.05 bits per heavy atom. The van der Waals surface area contributed by atoms with E-state index in [0.717, 1.165) is 38.8 Å². The second kappa shape index (κ2) is 9.78. The molecule has 1 aliphatic carbocycles. The summed E-state index contributed by atoms with van der Waals surface area (Å²) in [5, 5.41) is 3.04. The van der Waals surface area contributed by atoms with Crippen molar-refractivity contribution in [1.82, 2.24) is 10.2 Å². The third-order valence-electron chi connectivity index (χ3n) is 3.87. The molecule has 0 unspecified atom stereocenters. The molecule has 0 saturated heterocycles. The Morgan fingerprint density at radius 1 is 1.00 bits per heavy atom. The van der Waals surface area contributed by atoms with Crippen molar-refractivity contribution in [2.45, 2.75) is 77.7 Å². The lowest BCUT2D eigenvalue weighted by Crippen LogP contribution is -2.40. The van der Waals surface area contributed by atoms with Crippen LogP contribution in [0.2, 0.25) is 0 Å². The minimum Gasteiger partial charge on any atom is -0.353 e. The van der Waals surface area contributed by atoms with Gasteiger partial charge in [-0.15, -0.1) is 0 Å². The molecule has 0 aromatic carbocycles. The maximum Gasteiger partial charge on any atom is 0.232 e. The highest BCUT2D eigenvalue weighted by Crippen LogP contribution is 2.17. The molecule has 4 heteroatoms. The molecule has 20 heavy (non-hydrogen) atoms. The quantitative estimate of drug-likeness (QED) is 0.576. The van der Waals surface area contributed by atoms with Crippen molar-refractivity contribution >= 4 is 11.8 Å². The van der Waals surface area contributed by atoms with Crippen LogP contribution in [0, 0.1) is 0 Å². The van der Waals surface area contributed by atoms with Crippen LogP contribution in [0.5, 0.6) is 0 Å². The first-order valence-electron chi connectivity index (χ1n) is 8.24. The summed E-state index contributed by atoms with van der Waals surface area (Å²) >= 11 is 0. The fourth-order valence-corrected chi connectivity index (χ4v) is 2.85. The van der Waals surface area contributed by atoms with E-state index in [1.165, 1.54) is 25.7 Å². The molecule has 1 rings (SSSR count). The summed E-state index contributed by atoms with van der Waals surface area (Å²) in [6.07, 6.45) is 8.94. The summed E-state index contributed by atoms with van der Waals surface area (Å²) in [5.74, 6) is -0.126. The van der Waals surface area contributed by atoms with Gasteiger partial charge in [-0.25, -0.2) is 0 Å². The number of rotatable bonds is 7. The van der Waals surface area contributed by atoms with Gasteiger partial charge in [0, 0.05) is 19.1 Å². The molecule has 0 atom stereocenters. The summed E-state index contributed by atoms with van der Waals surface area (Å²) in [6.45, 7) is 5.62. The molecule has 0 radical (unpaired) electrons. The molecule has 0 heterocycles. The van der Waals surface area contributed by atoms with Crippen LogP contribution in [0.4, 0.5) is 0 Å². The Bertz CT molecular complexity index is 291. The first-order valence-corrected chi connectivity index (χ1v) is 8.24. The van der Waals surface area contributed by atoms with E-state index in [4.69, 9.17) is 0 Å². The van der Waals surface area contributed by atoms with Crippen LogP contribution in [-0.4, -0.2) is 35.8 Å². The van der Waals surface area contributed by atoms with Gasteiger partial charge >= 0.3 is 0 Å². The van der Waals surface area contributed by atoms with Gasteiger partial charge in [0.1, 0.15) is 6.42 Å². The molecular formula is C16H30N2O2. The molecule has 2 amide bonds. The molecule has 0 bridgehead atoms. The number of nitrogens with one attached hydrogen (secondary N) is 1. The second-order valence-electron chi connectivity index (χ2n) is 5.81. The van der Waals surface area contributed by atoms with E-state index in [1.807, 2.05) is 4.90 Å². The predicted octanol–water partition coefficient (Wildman–Crippen LogP) is 2.86. The van der Waals surface area contributed by atoms with Gasteiger partial charge in [0.2, 0.25) is 11.8 Å². The van der Waals surface area contributed by atoms with Crippen molar-refractivity contribution in [3.63, 3.8) is 0 Å². The van der Waals surface area contributed by atoms with E-state index < -0.39 is 0 Å². The number of hydrogen-bond donors (Lipinski definition) is 1. The Balaban J connectivity index is 2.37. The lowest BCUT2D eigenvalue weighted by Gasteiger charge is -2.22. The van der Waals surface area contributed by atoms with E-state index in [9.17, 15) is 9.59 Å². The van der Waals surface area contributed by atoms with Crippen molar-refractivity contribution in [2.24, 2.45) is 0 Å². The van der Waals surface area contributed by atoms with Gasteiger partial charge < -0.3 is 10.2 Å². The average Bonchev–Trinajstić information content (AvgIpc) is 2.67.